The van der Waals surface area contributed by atoms with Crippen LogP contribution in [0, 0.1) is 0 Å². The van der Waals surface area contributed by atoms with Gasteiger partial charge in [-0.15, -0.1) is 0 Å². The van der Waals surface area contributed by atoms with E-state index in [0.29, 0.717) is 22.2 Å². The molecule has 7 nitrogen and oxygen atoms in total. The van der Waals surface area contributed by atoms with Gasteiger partial charge in [0.2, 0.25) is 0 Å². The number of carboxylic acid groups (broad SMARTS) is 1. The fourth-order valence-corrected chi connectivity index (χ4v) is 3.50. The van der Waals surface area contributed by atoms with Crippen LogP contribution in [0.5, 0.6) is 5.88 Å². The summed E-state index contributed by atoms with van der Waals surface area (Å²) in [5.74, 6) is -1.01. The number of likely N-dealkylation sites (N-methyl/N-ethyl adjacent to an activating group) is 1. The van der Waals surface area contributed by atoms with E-state index in [1.807, 2.05) is 18.3 Å². The number of fused-ring (bicyclic) bond motifs is 1. The third-order valence-corrected chi connectivity index (χ3v) is 5.11. The zero-order valence-electron chi connectivity index (χ0n) is 15.1. The first kappa shape index (κ1) is 17.5. The SMILES string of the molecule is CN1CCN(Cc2ccc(-c3c(O)[nH]c4ccc(C(=O)O)cc34)nc2)CC1. The van der Waals surface area contributed by atoms with E-state index in [-0.39, 0.29) is 11.4 Å². The molecule has 0 radical (unpaired) electrons. The molecular weight excluding hydrogens is 344 g/mol. The first-order chi connectivity index (χ1) is 13.0. The fourth-order valence-electron chi connectivity index (χ4n) is 3.50. The second-order valence-electron chi connectivity index (χ2n) is 7.05. The van der Waals surface area contributed by atoms with E-state index in [2.05, 4.69) is 26.8 Å². The molecule has 4 rings (SSSR count). The lowest BCUT2D eigenvalue weighted by atomic mass is 10.1. The minimum atomic E-state index is -1.00. The van der Waals surface area contributed by atoms with E-state index >= 15 is 0 Å². The second-order valence-corrected chi connectivity index (χ2v) is 7.05. The number of carboxylic acids is 1. The maximum absolute atomic E-state index is 11.3. The number of hydrogen-bond donors (Lipinski definition) is 3. The number of nitrogens with zero attached hydrogens (tertiary/aromatic N) is 3. The number of benzene rings is 1. The van der Waals surface area contributed by atoms with Crippen LogP contribution < -0.4 is 0 Å². The molecule has 140 valence electrons. The fraction of sp³-hybridized carbons (Fsp3) is 0.300. The highest BCUT2D eigenvalue weighted by molar-refractivity contribution is 6.02. The molecule has 0 unspecified atom stereocenters. The zero-order valence-corrected chi connectivity index (χ0v) is 15.1. The minimum absolute atomic E-state index is 0.00754. The second kappa shape index (κ2) is 7.02. The highest BCUT2D eigenvalue weighted by Gasteiger charge is 2.17. The molecule has 7 heteroatoms. The number of aromatic carboxylic acids is 1. The summed E-state index contributed by atoms with van der Waals surface area (Å²) in [6.45, 7) is 5.07. The van der Waals surface area contributed by atoms with Gasteiger partial charge in [-0.3, -0.25) is 9.88 Å². The number of hydrogen-bond acceptors (Lipinski definition) is 5. The molecule has 1 saturated heterocycles. The number of rotatable bonds is 4. The Bertz CT molecular complexity index is 973. The van der Waals surface area contributed by atoms with Crippen LogP contribution in [0.4, 0.5) is 0 Å². The summed E-state index contributed by atoms with van der Waals surface area (Å²) < 4.78 is 0. The molecule has 1 aromatic carbocycles. The van der Waals surface area contributed by atoms with Gasteiger partial charge < -0.3 is 20.1 Å². The van der Waals surface area contributed by atoms with Crippen molar-refractivity contribution < 1.29 is 15.0 Å². The lowest BCUT2D eigenvalue weighted by Gasteiger charge is -2.32. The van der Waals surface area contributed by atoms with Crippen molar-refractivity contribution in [2.45, 2.75) is 6.54 Å². The van der Waals surface area contributed by atoms with Crippen LogP contribution in [0.15, 0.2) is 36.5 Å². The summed E-state index contributed by atoms with van der Waals surface area (Å²) in [6, 6.07) is 8.62. The number of piperazine rings is 1. The van der Waals surface area contributed by atoms with Crippen LogP contribution in [-0.2, 0) is 6.54 Å². The predicted molar refractivity (Wildman–Crippen MR) is 103 cm³/mol. The smallest absolute Gasteiger partial charge is 0.335 e. The predicted octanol–water partition coefficient (Wildman–Crippen LogP) is 2.38. The number of aromatic hydroxyl groups is 1. The monoisotopic (exact) mass is 366 g/mol. The summed E-state index contributed by atoms with van der Waals surface area (Å²) in [4.78, 5) is 23.4. The van der Waals surface area contributed by atoms with Crippen molar-refractivity contribution in [1.29, 1.82) is 0 Å². The molecule has 3 heterocycles. The summed E-state index contributed by atoms with van der Waals surface area (Å²) >= 11 is 0. The van der Waals surface area contributed by atoms with Gasteiger partial charge in [0, 0.05) is 49.8 Å². The summed E-state index contributed by atoms with van der Waals surface area (Å²) in [6.07, 6.45) is 1.83. The van der Waals surface area contributed by atoms with E-state index in [1.54, 1.807) is 12.1 Å². The molecule has 3 aromatic rings. The molecule has 2 aromatic heterocycles. The summed E-state index contributed by atoms with van der Waals surface area (Å²) in [7, 11) is 2.14. The van der Waals surface area contributed by atoms with Gasteiger partial charge in [0.25, 0.3) is 0 Å². The molecule has 27 heavy (non-hydrogen) atoms. The highest BCUT2D eigenvalue weighted by atomic mass is 16.4. The topological polar surface area (TPSA) is 92.7 Å². The zero-order chi connectivity index (χ0) is 19.0. The van der Waals surface area contributed by atoms with Crippen LogP contribution >= 0.6 is 0 Å². The molecule has 1 aliphatic rings. The lowest BCUT2D eigenvalue weighted by Crippen LogP contribution is -2.43. The lowest BCUT2D eigenvalue weighted by molar-refractivity contribution is 0.0697. The Morgan fingerprint density at radius 3 is 2.63 bits per heavy atom. The average Bonchev–Trinajstić information content (AvgIpc) is 2.99. The molecule has 0 aliphatic carbocycles. The average molecular weight is 366 g/mol. The van der Waals surface area contributed by atoms with Gasteiger partial charge in [0.15, 0.2) is 5.88 Å². The third kappa shape index (κ3) is 3.51. The molecular formula is C20H22N4O3. The van der Waals surface area contributed by atoms with Gasteiger partial charge in [-0.05, 0) is 36.9 Å². The number of pyridine rings is 1. The summed E-state index contributed by atoms with van der Waals surface area (Å²) in [5, 5.41) is 20.2. The van der Waals surface area contributed by atoms with Crippen LogP contribution in [0.3, 0.4) is 0 Å². The number of carbonyl (C=O) groups is 1. The van der Waals surface area contributed by atoms with Crippen LogP contribution in [0.2, 0.25) is 0 Å². The Morgan fingerprint density at radius 2 is 1.96 bits per heavy atom. The number of aromatic amines is 1. The Labute approximate surface area is 156 Å². The number of nitrogens with one attached hydrogen (secondary N) is 1. The van der Waals surface area contributed by atoms with Crippen molar-refractivity contribution in [3.63, 3.8) is 0 Å². The Kier molecular flexibility index (Phi) is 4.55. The van der Waals surface area contributed by atoms with Crippen molar-refractivity contribution in [3.05, 3.63) is 47.7 Å². The first-order valence-corrected chi connectivity index (χ1v) is 8.95. The first-order valence-electron chi connectivity index (χ1n) is 8.95. The largest absolute Gasteiger partial charge is 0.494 e. The van der Waals surface area contributed by atoms with Crippen LogP contribution in [-0.4, -0.2) is 69.2 Å². The standard InChI is InChI=1S/C20H22N4O3/c1-23-6-8-24(9-7-23)12-13-2-4-17(21-11-13)18-15-10-14(20(26)27)3-5-16(15)22-19(18)25/h2-5,10-11,22,25H,6-9,12H2,1H3,(H,26,27). The Hall–Kier alpha value is -2.90. The van der Waals surface area contributed by atoms with Gasteiger partial charge >= 0.3 is 5.97 Å². The number of aromatic nitrogens is 2. The maximum atomic E-state index is 11.3. The van der Waals surface area contributed by atoms with Gasteiger partial charge in [-0.1, -0.05) is 6.07 Å². The van der Waals surface area contributed by atoms with Crippen molar-refractivity contribution in [3.8, 4) is 17.1 Å². The van der Waals surface area contributed by atoms with Crippen molar-refractivity contribution in [1.82, 2.24) is 19.8 Å². The third-order valence-electron chi connectivity index (χ3n) is 5.11. The van der Waals surface area contributed by atoms with Gasteiger partial charge in [0.05, 0.1) is 16.8 Å². The molecule has 0 spiro atoms. The minimum Gasteiger partial charge on any atom is -0.494 e. The van der Waals surface area contributed by atoms with Gasteiger partial charge in [-0.25, -0.2) is 4.79 Å². The van der Waals surface area contributed by atoms with Crippen molar-refractivity contribution >= 4 is 16.9 Å². The highest BCUT2D eigenvalue weighted by Crippen LogP contribution is 2.36. The Morgan fingerprint density at radius 1 is 1.19 bits per heavy atom. The van der Waals surface area contributed by atoms with E-state index in [4.69, 9.17) is 0 Å². The number of H-pyrrole nitrogens is 1. The molecule has 1 aliphatic heterocycles. The van der Waals surface area contributed by atoms with E-state index < -0.39 is 5.97 Å². The quantitative estimate of drug-likeness (QED) is 0.657. The molecule has 3 N–H and O–H groups in total. The maximum Gasteiger partial charge on any atom is 0.335 e. The molecule has 1 fully saturated rings. The molecule has 0 atom stereocenters. The van der Waals surface area contributed by atoms with Gasteiger partial charge in [-0.2, -0.15) is 0 Å². The molecule has 0 saturated carbocycles. The van der Waals surface area contributed by atoms with Gasteiger partial charge in [0.1, 0.15) is 0 Å². The van der Waals surface area contributed by atoms with E-state index in [9.17, 15) is 15.0 Å². The van der Waals surface area contributed by atoms with Crippen LogP contribution in [0.1, 0.15) is 15.9 Å². The molecule has 0 bridgehead atoms. The van der Waals surface area contributed by atoms with Crippen molar-refractivity contribution in [2.24, 2.45) is 0 Å². The molecule has 0 amide bonds. The van der Waals surface area contributed by atoms with E-state index in [1.165, 1.54) is 6.07 Å². The van der Waals surface area contributed by atoms with E-state index in [0.717, 1.165) is 38.3 Å². The van der Waals surface area contributed by atoms with Crippen LogP contribution in [0.25, 0.3) is 22.2 Å². The normalized spacial score (nSPS) is 16.0. The Balaban J connectivity index is 1.61. The summed E-state index contributed by atoms with van der Waals surface area (Å²) in [5.41, 5.74) is 3.11. The van der Waals surface area contributed by atoms with Crippen molar-refractivity contribution in [2.75, 3.05) is 33.2 Å².